The number of methoxy groups -OCH3 is 1. The van der Waals surface area contributed by atoms with Gasteiger partial charge in [0.25, 0.3) is 0 Å². The molecule has 1 unspecified atom stereocenters. The maximum Gasteiger partial charge on any atom is 0.246 e. The van der Waals surface area contributed by atoms with Crippen LogP contribution in [0, 0.1) is 5.82 Å². The summed E-state index contributed by atoms with van der Waals surface area (Å²) < 4.78 is 18.5. The van der Waals surface area contributed by atoms with Gasteiger partial charge < -0.3 is 25.4 Å². The van der Waals surface area contributed by atoms with E-state index in [1.807, 2.05) is 0 Å². The number of carbonyl (C=O) groups excluding carboxylic acids is 3. The average molecular weight is 545 g/mol. The van der Waals surface area contributed by atoms with Gasteiger partial charge in [-0.15, -0.1) is 0 Å². The fourth-order valence-electron chi connectivity index (χ4n) is 4.62. The van der Waals surface area contributed by atoms with Crippen LogP contribution in [0.3, 0.4) is 0 Å². The zero-order valence-corrected chi connectivity index (χ0v) is 21.7. The van der Waals surface area contributed by atoms with Crippen LogP contribution in [0.2, 0.25) is 5.02 Å². The maximum atomic E-state index is 13.2. The third-order valence-corrected chi connectivity index (χ3v) is 6.97. The molecule has 2 fully saturated rings. The Bertz CT molecular complexity index is 1220. The number of benzene rings is 2. The Kier molecular flexibility index (Phi) is 8.98. The molecule has 4 rings (SSSR count). The first kappa shape index (κ1) is 27.6. The van der Waals surface area contributed by atoms with Crippen molar-refractivity contribution in [3.63, 3.8) is 0 Å². The molecule has 38 heavy (non-hydrogen) atoms. The van der Waals surface area contributed by atoms with Gasteiger partial charge in [-0.2, -0.15) is 0 Å². The topological polar surface area (TPSA) is 111 Å². The number of amides is 3. The molecule has 0 aromatic heterocycles. The minimum Gasteiger partial charge on any atom is -0.495 e. The van der Waals surface area contributed by atoms with Crippen LogP contribution < -0.4 is 15.4 Å². The summed E-state index contributed by atoms with van der Waals surface area (Å²) in [5.74, 6) is -0.778. The van der Waals surface area contributed by atoms with E-state index in [1.54, 1.807) is 29.2 Å². The van der Waals surface area contributed by atoms with Gasteiger partial charge in [0, 0.05) is 49.9 Å². The van der Waals surface area contributed by atoms with Crippen molar-refractivity contribution in [2.24, 2.45) is 0 Å². The number of nitrogens with one attached hydrogen (secondary N) is 2. The maximum absolute atomic E-state index is 13.2. The van der Waals surface area contributed by atoms with Crippen LogP contribution in [0.15, 0.2) is 42.5 Å². The van der Waals surface area contributed by atoms with E-state index in [-0.39, 0.29) is 41.6 Å². The summed E-state index contributed by atoms with van der Waals surface area (Å²) >= 11 is 6.27. The van der Waals surface area contributed by atoms with Gasteiger partial charge in [0.1, 0.15) is 17.6 Å². The monoisotopic (exact) mass is 544 g/mol. The first-order valence-corrected chi connectivity index (χ1v) is 12.7. The number of hydrogen-bond donors (Lipinski definition) is 3. The van der Waals surface area contributed by atoms with Crippen LogP contribution in [0.4, 0.5) is 10.1 Å². The Hall–Kier alpha value is -3.47. The van der Waals surface area contributed by atoms with Crippen molar-refractivity contribution in [1.29, 1.82) is 0 Å². The van der Waals surface area contributed by atoms with E-state index in [1.165, 1.54) is 31.4 Å². The highest BCUT2D eigenvalue weighted by atomic mass is 35.5. The normalized spacial score (nSPS) is 20.0. The molecular formula is C27H30ClFN4O5. The van der Waals surface area contributed by atoms with E-state index >= 15 is 0 Å². The Morgan fingerprint density at radius 2 is 2.03 bits per heavy atom. The minimum absolute atomic E-state index is 0.181. The second-order valence-corrected chi connectivity index (χ2v) is 9.69. The van der Waals surface area contributed by atoms with Gasteiger partial charge in [-0.3, -0.25) is 19.3 Å². The number of ether oxygens (including phenoxy) is 1. The van der Waals surface area contributed by atoms with Crippen molar-refractivity contribution >= 4 is 41.1 Å². The molecule has 3 N–H and O–H groups in total. The van der Waals surface area contributed by atoms with Crippen molar-refractivity contribution in [3.8, 4) is 5.75 Å². The summed E-state index contributed by atoms with van der Waals surface area (Å²) in [6.07, 6.45) is 3.62. The number of nitrogens with zero attached hydrogens (tertiary/aromatic N) is 2. The van der Waals surface area contributed by atoms with Gasteiger partial charge >= 0.3 is 0 Å². The van der Waals surface area contributed by atoms with Crippen molar-refractivity contribution in [3.05, 3.63) is 64.4 Å². The number of carbonyl (C=O) groups is 3. The summed E-state index contributed by atoms with van der Waals surface area (Å²) in [7, 11) is 1.46. The molecule has 2 atom stereocenters. The van der Waals surface area contributed by atoms with Crippen LogP contribution in [0.5, 0.6) is 5.75 Å². The van der Waals surface area contributed by atoms with Crippen LogP contribution in [-0.4, -0.2) is 78.1 Å². The number of halogens is 2. The fraction of sp³-hybridized carbons (Fsp3) is 0.370. The zero-order chi connectivity index (χ0) is 27.2. The molecule has 2 saturated heterocycles. The number of rotatable bonds is 8. The molecule has 0 spiro atoms. The van der Waals surface area contributed by atoms with Gasteiger partial charge in [0.05, 0.1) is 24.8 Å². The molecule has 2 aliphatic rings. The van der Waals surface area contributed by atoms with Gasteiger partial charge in [0.15, 0.2) is 0 Å². The lowest BCUT2D eigenvalue weighted by molar-refractivity contribution is -0.132. The van der Waals surface area contributed by atoms with Crippen molar-refractivity contribution < 1.29 is 28.6 Å². The molecule has 3 amide bonds. The Balaban J connectivity index is 1.45. The highest BCUT2D eigenvalue weighted by Gasteiger charge is 2.30. The number of anilines is 1. The Morgan fingerprint density at radius 1 is 1.26 bits per heavy atom. The third-order valence-electron chi connectivity index (χ3n) is 6.68. The van der Waals surface area contributed by atoms with Crippen LogP contribution in [0.25, 0.3) is 6.08 Å². The first-order chi connectivity index (χ1) is 18.3. The van der Waals surface area contributed by atoms with E-state index in [0.29, 0.717) is 49.6 Å². The average Bonchev–Trinajstić information content (AvgIpc) is 3.35. The fourth-order valence-corrected chi connectivity index (χ4v) is 4.86. The van der Waals surface area contributed by atoms with Gasteiger partial charge in [-0.1, -0.05) is 23.7 Å². The lowest BCUT2D eigenvalue weighted by Crippen LogP contribution is -2.55. The lowest BCUT2D eigenvalue weighted by atomic mass is 10.1. The van der Waals surface area contributed by atoms with Gasteiger partial charge in [-0.25, -0.2) is 4.39 Å². The minimum atomic E-state index is -0.640. The van der Waals surface area contributed by atoms with Crippen molar-refractivity contribution in [2.45, 2.75) is 31.5 Å². The number of aliphatic hydroxyl groups excluding tert-OH is 1. The predicted octanol–water partition coefficient (Wildman–Crippen LogP) is 2.42. The first-order valence-electron chi connectivity index (χ1n) is 12.3. The molecule has 0 bridgehead atoms. The molecule has 9 nitrogen and oxygen atoms in total. The molecule has 2 aromatic carbocycles. The van der Waals surface area contributed by atoms with Crippen molar-refractivity contribution in [1.82, 2.24) is 15.1 Å². The van der Waals surface area contributed by atoms with E-state index in [2.05, 4.69) is 15.5 Å². The Morgan fingerprint density at radius 3 is 2.68 bits per heavy atom. The zero-order valence-electron chi connectivity index (χ0n) is 21.0. The summed E-state index contributed by atoms with van der Waals surface area (Å²) in [5.41, 5.74) is 1.81. The largest absolute Gasteiger partial charge is 0.495 e. The second-order valence-electron chi connectivity index (χ2n) is 9.28. The molecule has 11 heteroatoms. The number of aliphatic hydroxyl groups is 1. The summed E-state index contributed by atoms with van der Waals surface area (Å²) in [6.45, 7) is 1.85. The van der Waals surface area contributed by atoms with E-state index in [4.69, 9.17) is 16.3 Å². The SMILES string of the molecule is COc1cc(C=CC(=O)N2CCN(Cc3ccc(F)cc3)C[C@H]2CO)c(NC(=O)C2CCC(=O)N2)cc1Cl. The summed E-state index contributed by atoms with van der Waals surface area (Å²) in [6, 6.07) is 8.36. The molecule has 2 aromatic rings. The smallest absolute Gasteiger partial charge is 0.246 e. The predicted molar refractivity (Wildman–Crippen MR) is 141 cm³/mol. The lowest BCUT2D eigenvalue weighted by Gasteiger charge is -2.40. The van der Waals surface area contributed by atoms with E-state index < -0.39 is 12.1 Å². The van der Waals surface area contributed by atoms with E-state index in [0.717, 1.165) is 5.56 Å². The number of hydrogen-bond acceptors (Lipinski definition) is 6. The van der Waals surface area contributed by atoms with Crippen LogP contribution in [-0.2, 0) is 20.9 Å². The molecule has 2 aliphatic heterocycles. The standard InChI is InChI=1S/C27H30ClFN4O5/c1-38-24-12-18(23(13-21(24)28)31-27(37)22-7-8-25(35)30-22)4-9-26(36)33-11-10-32(15-20(33)16-34)14-17-2-5-19(29)6-3-17/h2-6,9,12-13,20,22,34H,7-8,10-11,14-16H2,1H3,(H,30,35)(H,31,37)/t20-,22?/m0/s1. The highest BCUT2D eigenvalue weighted by Crippen LogP contribution is 2.32. The third kappa shape index (κ3) is 6.69. The number of piperazine rings is 1. The van der Waals surface area contributed by atoms with Crippen molar-refractivity contribution in [2.75, 3.05) is 38.7 Å². The summed E-state index contributed by atoms with van der Waals surface area (Å²) in [4.78, 5) is 41.0. The van der Waals surface area contributed by atoms with Gasteiger partial charge in [-0.05, 0) is 42.3 Å². The van der Waals surface area contributed by atoms with Crippen LogP contribution in [0.1, 0.15) is 24.0 Å². The Labute approximate surface area is 225 Å². The quantitative estimate of drug-likeness (QED) is 0.440. The molecular weight excluding hydrogens is 515 g/mol. The highest BCUT2D eigenvalue weighted by molar-refractivity contribution is 6.32. The second kappa shape index (κ2) is 12.4. The van der Waals surface area contributed by atoms with Crippen LogP contribution >= 0.6 is 11.6 Å². The molecule has 202 valence electrons. The molecule has 0 radical (unpaired) electrons. The van der Waals surface area contributed by atoms with E-state index in [9.17, 15) is 23.9 Å². The molecule has 0 aliphatic carbocycles. The molecule has 0 saturated carbocycles. The molecule has 2 heterocycles. The summed E-state index contributed by atoms with van der Waals surface area (Å²) in [5, 5.41) is 15.7. The van der Waals surface area contributed by atoms with Gasteiger partial charge in [0.2, 0.25) is 17.7 Å².